The average molecular weight is 349 g/mol. The Labute approximate surface area is 147 Å². The van der Waals surface area contributed by atoms with Gasteiger partial charge in [-0.2, -0.15) is 0 Å². The van der Waals surface area contributed by atoms with E-state index in [1.807, 2.05) is 0 Å². The van der Waals surface area contributed by atoms with Crippen LogP contribution < -0.4 is 0 Å². The molecular formula is C18H24FN3O3. The molecule has 1 aromatic rings. The highest BCUT2D eigenvalue weighted by Crippen LogP contribution is 2.07. The van der Waals surface area contributed by atoms with Crippen LogP contribution in [0.4, 0.5) is 4.39 Å². The van der Waals surface area contributed by atoms with Crippen LogP contribution in [0.25, 0.3) is 0 Å². The van der Waals surface area contributed by atoms with Crippen molar-refractivity contribution < 1.29 is 18.8 Å². The van der Waals surface area contributed by atoms with Crippen molar-refractivity contribution >= 4 is 17.7 Å². The van der Waals surface area contributed by atoms with Crippen LogP contribution in [0.5, 0.6) is 0 Å². The standard InChI is InChI=1S/C18H24FN3O3/c1-14(23)20-9-11-21(12-10-20)18(25)13-22(15(2)24)8-7-16-3-5-17(19)6-4-16/h3-6H,7-13H2,1-2H3. The summed E-state index contributed by atoms with van der Waals surface area (Å²) in [5.74, 6) is -0.570. The third-order valence-electron chi connectivity index (χ3n) is 4.43. The minimum atomic E-state index is -0.299. The van der Waals surface area contributed by atoms with Gasteiger partial charge < -0.3 is 14.7 Å². The van der Waals surface area contributed by atoms with E-state index in [9.17, 15) is 18.8 Å². The molecule has 1 saturated heterocycles. The van der Waals surface area contributed by atoms with Gasteiger partial charge >= 0.3 is 0 Å². The van der Waals surface area contributed by atoms with Gasteiger partial charge in [-0.05, 0) is 24.1 Å². The lowest BCUT2D eigenvalue weighted by atomic mass is 10.1. The minimum absolute atomic E-state index is 0.0109. The SMILES string of the molecule is CC(=O)N1CCN(C(=O)CN(CCc2ccc(F)cc2)C(C)=O)CC1. The molecule has 0 radical (unpaired) electrons. The summed E-state index contributed by atoms with van der Waals surface area (Å²) >= 11 is 0. The quantitative estimate of drug-likeness (QED) is 0.794. The fourth-order valence-corrected chi connectivity index (χ4v) is 2.80. The highest BCUT2D eigenvalue weighted by atomic mass is 19.1. The van der Waals surface area contributed by atoms with Gasteiger partial charge in [0.1, 0.15) is 5.82 Å². The summed E-state index contributed by atoms with van der Waals surface area (Å²) in [4.78, 5) is 40.5. The van der Waals surface area contributed by atoms with Crippen molar-refractivity contribution in [2.24, 2.45) is 0 Å². The van der Waals surface area contributed by atoms with Gasteiger partial charge in [0, 0.05) is 46.6 Å². The van der Waals surface area contributed by atoms with Crippen molar-refractivity contribution in [3.05, 3.63) is 35.6 Å². The van der Waals surface area contributed by atoms with Crippen LogP contribution >= 0.6 is 0 Å². The number of carbonyl (C=O) groups is 3. The summed E-state index contributed by atoms with van der Waals surface area (Å²) in [6, 6.07) is 6.12. The van der Waals surface area contributed by atoms with Crippen molar-refractivity contribution in [1.29, 1.82) is 0 Å². The molecule has 7 heteroatoms. The maximum Gasteiger partial charge on any atom is 0.242 e. The molecule has 1 aliphatic heterocycles. The van der Waals surface area contributed by atoms with Crippen LogP contribution in [0.2, 0.25) is 0 Å². The molecule has 1 fully saturated rings. The predicted octanol–water partition coefficient (Wildman–Crippen LogP) is 0.907. The first-order chi connectivity index (χ1) is 11.9. The van der Waals surface area contributed by atoms with Gasteiger partial charge in [0.2, 0.25) is 17.7 Å². The van der Waals surface area contributed by atoms with Crippen LogP contribution in [0.3, 0.4) is 0 Å². The van der Waals surface area contributed by atoms with Gasteiger partial charge in [-0.1, -0.05) is 12.1 Å². The molecule has 136 valence electrons. The highest BCUT2D eigenvalue weighted by Gasteiger charge is 2.24. The second-order valence-corrected chi connectivity index (χ2v) is 6.20. The van der Waals surface area contributed by atoms with Crippen molar-refractivity contribution in [1.82, 2.24) is 14.7 Å². The number of halogens is 1. The van der Waals surface area contributed by atoms with E-state index in [4.69, 9.17) is 0 Å². The summed E-state index contributed by atoms with van der Waals surface area (Å²) in [5.41, 5.74) is 0.912. The van der Waals surface area contributed by atoms with Crippen LogP contribution in [0.1, 0.15) is 19.4 Å². The van der Waals surface area contributed by atoms with E-state index < -0.39 is 0 Å². The summed E-state index contributed by atoms with van der Waals surface area (Å²) < 4.78 is 12.9. The Morgan fingerprint density at radius 1 is 1.00 bits per heavy atom. The normalized spacial score (nSPS) is 14.4. The third kappa shape index (κ3) is 5.55. The van der Waals surface area contributed by atoms with Crippen LogP contribution in [0, 0.1) is 5.82 Å². The molecule has 25 heavy (non-hydrogen) atoms. The van der Waals surface area contributed by atoms with Gasteiger partial charge in [0.15, 0.2) is 0 Å². The fraction of sp³-hybridized carbons (Fsp3) is 0.500. The molecule has 0 saturated carbocycles. The number of benzene rings is 1. The fourth-order valence-electron chi connectivity index (χ4n) is 2.80. The van der Waals surface area contributed by atoms with E-state index in [0.717, 1.165) is 5.56 Å². The number of amides is 3. The third-order valence-corrected chi connectivity index (χ3v) is 4.43. The zero-order valence-electron chi connectivity index (χ0n) is 14.7. The Kier molecular flexibility index (Phi) is 6.50. The predicted molar refractivity (Wildman–Crippen MR) is 91.2 cm³/mol. The molecule has 2 rings (SSSR count). The summed E-state index contributed by atoms with van der Waals surface area (Å²) in [5, 5.41) is 0. The van der Waals surface area contributed by atoms with E-state index in [-0.39, 0.29) is 30.1 Å². The molecule has 1 aliphatic rings. The zero-order chi connectivity index (χ0) is 18.4. The Bertz CT molecular complexity index is 625. The van der Waals surface area contributed by atoms with Crippen molar-refractivity contribution in [2.45, 2.75) is 20.3 Å². The Morgan fingerprint density at radius 3 is 2.08 bits per heavy atom. The number of rotatable bonds is 5. The molecule has 0 N–H and O–H groups in total. The largest absolute Gasteiger partial charge is 0.339 e. The first kappa shape index (κ1) is 18.9. The van der Waals surface area contributed by atoms with E-state index in [2.05, 4.69) is 0 Å². The molecule has 1 heterocycles. The molecule has 0 aliphatic carbocycles. The van der Waals surface area contributed by atoms with Crippen molar-refractivity contribution in [3.63, 3.8) is 0 Å². The van der Waals surface area contributed by atoms with Gasteiger partial charge in [-0.25, -0.2) is 4.39 Å². The van der Waals surface area contributed by atoms with Gasteiger partial charge in [-0.15, -0.1) is 0 Å². The minimum Gasteiger partial charge on any atom is -0.339 e. The second kappa shape index (κ2) is 8.60. The molecule has 0 aromatic heterocycles. The lowest BCUT2D eigenvalue weighted by molar-refractivity contribution is -0.142. The molecule has 0 spiro atoms. The van der Waals surface area contributed by atoms with Crippen molar-refractivity contribution in [3.8, 4) is 0 Å². The van der Waals surface area contributed by atoms with E-state index >= 15 is 0 Å². The van der Waals surface area contributed by atoms with Gasteiger partial charge in [0.25, 0.3) is 0 Å². The van der Waals surface area contributed by atoms with Crippen molar-refractivity contribution in [2.75, 3.05) is 39.3 Å². The number of hydrogen-bond donors (Lipinski definition) is 0. The molecule has 3 amide bonds. The highest BCUT2D eigenvalue weighted by molar-refractivity contribution is 5.84. The second-order valence-electron chi connectivity index (χ2n) is 6.20. The van der Waals surface area contributed by atoms with Gasteiger partial charge in [0.05, 0.1) is 6.54 Å². The lowest BCUT2D eigenvalue weighted by Gasteiger charge is -2.35. The first-order valence-corrected chi connectivity index (χ1v) is 8.40. The topological polar surface area (TPSA) is 60.9 Å². The monoisotopic (exact) mass is 349 g/mol. The summed E-state index contributed by atoms with van der Waals surface area (Å²) in [6.45, 7) is 5.41. The summed E-state index contributed by atoms with van der Waals surface area (Å²) in [6.07, 6.45) is 0.561. The number of carbonyl (C=O) groups excluding carboxylic acids is 3. The van der Waals surface area contributed by atoms with Crippen LogP contribution in [-0.4, -0.2) is 71.7 Å². The molecule has 0 bridgehead atoms. The molecule has 6 nitrogen and oxygen atoms in total. The maximum absolute atomic E-state index is 12.9. The smallest absolute Gasteiger partial charge is 0.242 e. The van der Waals surface area contributed by atoms with E-state index in [1.165, 1.54) is 30.9 Å². The molecular weight excluding hydrogens is 325 g/mol. The summed E-state index contributed by atoms with van der Waals surface area (Å²) in [7, 11) is 0. The Morgan fingerprint density at radius 2 is 1.56 bits per heavy atom. The molecule has 0 atom stereocenters. The Hall–Kier alpha value is -2.44. The Balaban J connectivity index is 1.86. The van der Waals surface area contributed by atoms with Crippen LogP contribution in [0.15, 0.2) is 24.3 Å². The molecule has 1 aromatic carbocycles. The lowest BCUT2D eigenvalue weighted by Crippen LogP contribution is -2.52. The average Bonchev–Trinajstić information content (AvgIpc) is 2.59. The van der Waals surface area contributed by atoms with Crippen LogP contribution in [-0.2, 0) is 20.8 Å². The maximum atomic E-state index is 12.9. The number of nitrogens with zero attached hydrogens (tertiary/aromatic N) is 3. The van der Waals surface area contributed by atoms with E-state index in [1.54, 1.807) is 21.9 Å². The molecule has 0 unspecified atom stereocenters. The first-order valence-electron chi connectivity index (χ1n) is 8.40. The number of hydrogen-bond acceptors (Lipinski definition) is 3. The zero-order valence-corrected chi connectivity index (χ0v) is 14.7. The van der Waals surface area contributed by atoms with Gasteiger partial charge in [-0.3, -0.25) is 14.4 Å². The van der Waals surface area contributed by atoms with E-state index in [0.29, 0.717) is 39.1 Å². The number of piperazine rings is 1.